The third-order valence-corrected chi connectivity index (χ3v) is 4.99. The van der Waals surface area contributed by atoms with Gasteiger partial charge >= 0.3 is 5.97 Å². The molecule has 8 heteroatoms. The molecule has 0 saturated carbocycles. The molecule has 1 aromatic heterocycles. The van der Waals surface area contributed by atoms with Gasteiger partial charge in [0.25, 0.3) is 0 Å². The van der Waals surface area contributed by atoms with Crippen molar-refractivity contribution in [3.63, 3.8) is 0 Å². The van der Waals surface area contributed by atoms with E-state index in [1.807, 2.05) is 45.0 Å². The van der Waals surface area contributed by atoms with Crippen LogP contribution in [0.4, 0.5) is 5.69 Å². The minimum absolute atomic E-state index is 0.0105. The normalized spacial score (nSPS) is 10.6. The zero-order chi connectivity index (χ0) is 21.2. The maximum atomic E-state index is 12.2. The number of carbonyl (C=O) groups is 3. The van der Waals surface area contributed by atoms with Crippen molar-refractivity contribution in [1.82, 2.24) is 10.3 Å². The molecule has 2 amide bonds. The van der Waals surface area contributed by atoms with Crippen molar-refractivity contribution in [2.45, 2.75) is 46.6 Å². The SMILES string of the molecule is Cc1ccccc1NC(=O)Cc1nc(COC(=O)CNC(=O)CCC(C)C)cs1. The summed E-state index contributed by atoms with van der Waals surface area (Å²) >= 11 is 1.34. The van der Waals surface area contributed by atoms with Crippen LogP contribution in [0.3, 0.4) is 0 Å². The lowest BCUT2D eigenvalue weighted by atomic mass is 10.1. The fourth-order valence-electron chi connectivity index (χ4n) is 2.43. The van der Waals surface area contributed by atoms with E-state index in [4.69, 9.17) is 4.74 Å². The number of amides is 2. The molecule has 1 heterocycles. The van der Waals surface area contributed by atoms with E-state index in [1.54, 1.807) is 5.38 Å². The molecule has 0 aliphatic carbocycles. The number of hydrogen-bond donors (Lipinski definition) is 2. The molecule has 0 aliphatic heterocycles. The Bertz CT molecular complexity index is 848. The van der Waals surface area contributed by atoms with Crippen LogP contribution >= 0.6 is 11.3 Å². The average Bonchev–Trinajstić information content (AvgIpc) is 3.12. The number of aromatic nitrogens is 1. The molecule has 0 saturated heterocycles. The van der Waals surface area contributed by atoms with Crippen molar-refractivity contribution in [3.05, 3.63) is 45.9 Å². The molecule has 1 aromatic carbocycles. The Balaban J connectivity index is 1.71. The molecule has 0 fully saturated rings. The van der Waals surface area contributed by atoms with Crippen molar-refractivity contribution >= 4 is 34.8 Å². The Morgan fingerprint density at radius 1 is 1.17 bits per heavy atom. The number of hydrogen-bond acceptors (Lipinski definition) is 6. The minimum atomic E-state index is -0.519. The second-order valence-electron chi connectivity index (χ2n) is 7.14. The third kappa shape index (κ3) is 8.43. The van der Waals surface area contributed by atoms with Gasteiger partial charge in [-0.05, 0) is 30.9 Å². The van der Waals surface area contributed by atoms with E-state index in [9.17, 15) is 14.4 Å². The average molecular weight is 418 g/mol. The number of esters is 1. The van der Waals surface area contributed by atoms with Gasteiger partial charge in [-0.2, -0.15) is 0 Å². The number of benzene rings is 1. The maximum Gasteiger partial charge on any atom is 0.325 e. The second-order valence-corrected chi connectivity index (χ2v) is 8.09. The van der Waals surface area contributed by atoms with Gasteiger partial charge in [0.2, 0.25) is 11.8 Å². The number of aryl methyl sites for hydroxylation is 1. The maximum absolute atomic E-state index is 12.2. The van der Waals surface area contributed by atoms with Crippen molar-refractivity contribution in [2.75, 3.05) is 11.9 Å². The number of para-hydroxylation sites is 1. The first-order valence-corrected chi connectivity index (χ1v) is 10.4. The third-order valence-electron chi connectivity index (χ3n) is 4.09. The summed E-state index contributed by atoms with van der Waals surface area (Å²) in [6.07, 6.45) is 1.32. The molecule has 0 aliphatic rings. The van der Waals surface area contributed by atoms with Crippen LogP contribution in [0, 0.1) is 12.8 Å². The first-order valence-electron chi connectivity index (χ1n) is 9.54. The van der Waals surface area contributed by atoms with Gasteiger partial charge in [0.15, 0.2) is 0 Å². The number of rotatable bonds is 10. The van der Waals surface area contributed by atoms with Crippen molar-refractivity contribution in [3.8, 4) is 0 Å². The van der Waals surface area contributed by atoms with Crippen LogP contribution in [0.2, 0.25) is 0 Å². The van der Waals surface area contributed by atoms with Gasteiger partial charge in [-0.15, -0.1) is 11.3 Å². The molecule has 156 valence electrons. The number of nitrogens with zero attached hydrogens (tertiary/aromatic N) is 1. The standard InChI is InChI=1S/C21H27N3O4S/c1-14(2)8-9-18(25)22-11-21(27)28-12-16-13-29-20(23-16)10-19(26)24-17-7-5-4-6-15(17)3/h4-7,13-14H,8-12H2,1-3H3,(H,22,25)(H,24,26). The van der Waals surface area contributed by atoms with Gasteiger partial charge in [0.1, 0.15) is 18.2 Å². The van der Waals surface area contributed by atoms with Crippen LogP contribution in [0.1, 0.15) is 43.0 Å². The minimum Gasteiger partial charge on any atom is -0.458 e. The summed E-state index contributed by atoms with van der Waals surface area (Å²) < 4.78 is 5.12. The van der Waals surface area contributed by atoms with E-state index >= 15 is 0 Å². The highest BCUT2D eigenvalue weighted by molar-refractivity contribution is 7.09. The van der Waals surface area contributed by atoms with E-state index in [2.05, 4.69) is 15.6 Å². The summed E-state index contributed by atoms with van der Waals surface area (Å²) in [5.41, 5.74) is 2.34. The summed E-state index contributed by atoms with van der Waals surface area (Å²) in [6, 6.07) is 7.56. The zero-order valence-corrected chi connectivity index (χ0v) is 17.8. The molecule has 2 aromatic rings. The van der Waals surface area contributed by atoms with Gasteiger partial charge < -0.3 is 15.4 Å². The molecule has 2 N–H and O–H groups in total. The molecule has 0 spiro atoms. The van der Waals surface area contributed by atoms with E-state index in [0.717, 1.165) is 17.7 Å². The van der Waals surface area contributed by atoms with Crippen molar-refractivity contribution in [1.29, 1.82) is 0 Å². The van der Waals surface area contributed by atoms with Gasteiger partial charge in [0, 0.05) is 17.5 Å². The van der Waals surface area contributed by atoms with Crippen LogP contribution in [0.15, 0.2) is 29.6 Å². The topological polar surface area (TPSA) is 97.4 Å². The van der Waals surface area contributed by atoms with Gasteiger partial charge in [0.05, 0.1) is 12.1 Å². The first kappa shape index (κ1) is 22.5. The Kier molecular flexibility index (Phi) is 8.79. The first-order chi connectivity index (χ1) is 13.8. The Morgan fingerprint density at radius 2 is 1.93 bits per heavy atom. The summed E-state index contributed by atoms with van der Waals surface area (Å²) in [5.74, 6) is -0.396. The Labute approximate surface area is 174 Å². The number of ether oxygens (including phenoxy) is 1. The summed E-state index contributed by atoms with van der Waals surface area (Å²) in [5, 5.41) is 7.81. The predicted molar refractivity (Wildman–Crippen MR) is 113 cm³/mol. The van der Waals surface area contributed by atoms with Gasteiger partial charge in [-0.25, -0.2) is 4.98 Å². The highest BCUT2D eigenvalue weighted by Crippen LogP contribution is 2.15. The number of anilines is 1. The lowest BCUT2D eigenvalue weighted by molar-refractivity contribution is -0.145. The highest BCUT2D eigenvalue weighted by Gasteiger charge is 2.12. The Hall–Kier alpha value is -2.74. The summed E-state index contributed by atoms with van der Waals surface area (Å²) in [7, 11) is 0. The second kappa shape index (κ2) is 11.3. The number of carbonyl (C=O) groups excluding carboxylic acids is 3. The van der Waals surface area contributed by atoms with E-state index in [0.29, 0.717) is 23.0 Å². The van der Waals surface area contributed by atoms with Crippen LogP contribution < -0.4 is 10.6 Å². The monoisotopic (exact) mass is 417 g/mol. The van der Waals surface area contributed by atoms with E-state index in [-0.39, 0.29) is 31.4 Å². The predicted octanol–water partition coefficient (Wildman–Crippen LogP) is 3.23. The van der Waals surface area contributed by atoms with Gasteiger partial charge in [-0.3, -0.25) is 14.4 Å². The lowest BCUT2D eigenvalue weighted by Gasteiger charge is -2.07. The molecule has 0 radical (unpaired) electrons. The van der Waals surface area contributed by atoms with Crippen LogP contribution in [-0.4, -0.2) is 29.3 Å². The lowest BCUT2D eigenvalue weighted by Crippen LogP contribution is -2.30. The van der Waals surface area contributed by atoms with E-state index in [1.165, 1.54) is 11.3 Å². The molecule has 0 bridgehead atoms. The van der Waals surface area contributed by atoms with Gasteiger partial charge in [-0.1, -0.05) is 32.0 Å². The Morgan fingerprint density at radius 3 is 2.66 bits per heavy atom. The van der Waals surface area contributed by atoms with Crippen LogP contribution in [-0.2, 0) is 32.1 Å². The van der Waals surface area contributed by atoms with Crippen LogP contribution in [0.5, 0.6) is 0 Å². The van der Waals surface area contributed by atoms with Crippen LogP contribution in [0.25, 0.3) is 0 Å². The fraction of sp³-hybridized carbons (Fsp3) is 0.429. The fourth-order valence-corrected chi connectivity index (χ4v) is 3.20. The number of nitrogens with one attached hydrogen (secondary N) is 2. The molecule has 7 nitrogen and oxygen atoms in total. The van der Waals surface area contributed by atoms with E-state index < -0.39 is 5.97 Å². The smallest absolute Gasteiger partial charge is 0.325 e. The van der Waals surface area contributed by atoms with Crippen molar-refractivity contribution < 1.29 is 19.1 Å². The molecular weight excluding hydrogens is 390 g/mol. The summed E-state index contributed by atoms with van der Waals surface area (Å²) in [6.45, 7) is 5.85. The highest BCUT2D eigenvalue weighted by atomic mass is 32.1. The molecule has 2 rings (SSSR count). The molecule has 29 heavy (non-hydrogen) atoms. The zero-order valence-electron chi connectivity index (χ0n) is 17.0. The molecule has 0 unspecified atom stereocenters. The molecule has 0 atom stereocenters. The largest absolute Gasteiger partial charge is 0.458 e. The summed E-state index contributed by atoms with van der Waals surface area (Å²) in [4.78, 5) is 39.9. The number of thiazole rings is 1. The van der Waals surface area contributed by atoms with Crippen molar-refractivity contribution in [2.24, 2.45) is 5.92 Å². The molecular formula is C21H27N3O4S. The quantitative estimate of drug-likeness (QED) is 0.579.